The Morgan fingerprint density at radius 1 is 1.39 bits per heavy atom. The van der Waals surface area contributed by atoms with E-state index in [0.29, 0.717) is 16.9 Å². The average molecular weight is 247 g/mol. The summed E-state index contributed by atoms with van der Waals surface area (Å²) in [4.78, 5) is 0. The summed E-state index contributed by atoms with van der Waals surface area (Å²) in [7, 11) is 1.99. The van der Waals surface area contributed by atoms with Gasteiger partial charge in [0.15, 0.2) is 0 Å². The number of hydrogen-bond donors (Lipinski definition) is 1. The third kappa shape index (κ3) is 1.52. The Bertz CT molecular complexity index is 469. The molecule has 3 nitrogen and oxygen atoms in total. The molecule has 2 saturated carbocycles. The van der Waals surface area contributed by atoms with E-state index in [1.807, 2.05) is 11.7 Å². The highest BCUT2D eigenvalue weighted by Gasteiger charge is 2.59. The minimum atomic E-state index is 0.398. The fourth-order valence-corrected chi connectivity index (χ4v) is 4.56. The largest absolute Gasteiger partial charge is 0.378 e. The van der Waals surface area contributed by atoms with E-state index >= 15 is 0 Å². The van der Waals surface area contributed by atoms with Crippen molar-refractivity contribution in [3.8, 4) is 0 Å². The standard InChI is InChI=1S/C15H25N3/c1-10-12(9-18(5)17-10)16-13-14(2,3)11-6-7-15(13,4)8-11/h9,11,13,16H,6-8H2,1-5H3. The molecule has 100 valence electrons. The van der Waals surface area contributed by atoms with Crippen LogP contribution < -0.4 is 5.32 Å². The van der Waals surface area contributed by atoms with Crippen LogP contribution in [0.25, 0.3) is 0 Å². The fourth-order valence-electron chi connectivity index (χ4n) is 4.56. The van der Waals surface area contributed by atoms with Crippen molar-refractivity contribution in [3.63, 3.8) is 0 Å². The first-order valence-electron chi connectivity index (χ1n) is 7.10. The topological polar surface area (TPSA) is 29.9 Å². The number of aryl methyl sites for hydroxylation is 2. The summed E-state index contributed by atoms with van der Waals surface area (Å²) in [5.41, 5.74) is 3.19. The zero-order valence-corrected chi connectivity index (χ0v) is 12.2. The molecule has 0 aliphatic heterocycles. The molecule has 1 heterocycles. The monoisotopic (exact) mass is 247 g/mol. The van der Waals surface area contributed by atoms with Gasteiger partial charge in [0.1, 0.15) is 0 Å². The normalized spacial score (nSPS) is 37.2. The summed E-state index contributed by atoms with van der Waals surface area (Å²) in [6.45, 7) is 9.42. The van der Waals surface area contributed by atoms with Gasteiger partial charge in [-0.1, -0.05) is 20.8 Å². The third-order valence-corrected chi connectivity index (χ3v) is 5.58. The maximum absolute atomic E-state index is 4.44. The van der Waals surface area contributed by atoms with Crippen LogP contribution in [0.2, 0.25) is 0 Å². The molecule has 3 heteroatoms. The molecule has 0 radical (unpaired) electrons. The quantitative estimate of drug-likeness (QED) is 0.868. The maximum atomic E-state index is 4.44. The molecule has 18 heavy (non-hydrogen) atoms. The summed E-state index contributed by atoms with van der Waals surface area (Å²) in [6, 6.07) is 0.576. The van der Waals surface area contributed by atoms with Crippen molar-refractivity contribution < 1.29 is 0 Å². The van der Waals surface area contributed by atoms with Crippen molar-refractivity contribution in [3.05, 3.63) is 11.9 Å². The van der Waals surface area contributed by atoms with E-state index in [2.05, 4.69) is 44.3 Å². The van der Waals surface area contributed by atoms with E-state index in [-0.39, 0.29) is 0 Å². The summed E-state index contributed by atoms with van der Waals surface area (Å²) in [5, 5.41) is 8.25. The van der Waals surface area contributed by atoms with Gasteiger partial charge in [-0.2, -0.15) is 5.10 Å². The number of anilines is 1. The number of nitrogens with one attached hydrogen (secondary N) is 1. The molecule has 3 rings (SSSR count). The van der Waals surface area contributed by atoms with E-state index in [0.717, 1.165) is 11.6 Å². The Balaban J connectivity index is 1.90. The molecule has 2 fully saturated rings. The first kappa shape index (κ1) is 12.1. The van der Waals surface area contributed by atoms with Crippen molar-refractivity contribution in [1.29, 1.82) is 0 Å². The number of hydrogen-bond acceptors (Lipinski definition) is 2. The van der Waals surface area contributed by atoms with Crippen molar-refractivity contribution in [2.45, 2.75) is 53.0 Å². The molecule has 2 bridgehead atoms. The second kappa shape index (κ2) is 3.52. The molecule has 0 amide bonds. The fraction of sp³-hybridized carbons (Fsp3) is 0.800. The van der Waals surface area contributed by atoms with Crippen molar-refractivity contribution in [1.82, 2.24) is 9.78 Å². The first-order chi connectivity index (χ1) is 8.33. The predicted molar refractivity (Wildman–Crippen MR) is 74.6 cm³/mol. The number of aromatic nitrogens is 2. The Morgan fingerprint density at radius 3 is 2.61 bits per heavy atom. The van der Waals surface area contributed by atoms with Crippen LogP contribution in [0.5, 0.6) is 0 Å². The number of rotatable bonds is 2. The minimum Gasteiger partial charge on any atom is -0.378 e. The molecular weight excluding hydrogens is 222 g/mol. The lowest BCUT2D eigenvalue weighted by Crippen LogP contribution is -2.45. The second-order valence-electron chi connectivity index (χ2n) is 7.29. The van der Waals surface area contributed by atoms with Crippen LogP contribution in [0.3, 0.4) is 0 Å². The third-order valence-electron chi connectivity index (χ3n) is 5.58. The van der Waals surface area contributed by atoms with Gasteiger partial charge in [0.05, 0.1) is 11.4 Å². The Labute approximate surface area is 110 Å². The lowest BCUT2D eigenvalue weighted by Gasteiger charge is -2.43. The molecule has 2 aliphatic carbocycles. The lowest BCUT2D eigenvalue weighted by molar-refractivity contribution is 0.155. The van der Waals surface area contributed by atoms with Gasteiger partial charge in [0.25, 0.3) is 0 Å². The highest BCUT2D eigenvalue weighted by molar-refractivity contribution is 5.48. The average Bonchev–Trinajstić information content (AvgIpc) is 2.83. The van der Waals surface area contributed by atoms with Gasteiger partial charge >= 0.3 is 0 Å². The van der Waals surface area contributed by atoms with E-state index < -0.39 is 0 Å². The molecule has 3 atom stereocenters. The summed E-state index contributed by atoms with van der Waals surface area (Å²) in [5.74, 6) is 0.886. The van der Waals surface area contributed by atoms with Crippen LogP contribution in [-0.2, 0) is 7.05 Å². The van der Waals surface area contributed by atoms with E-state index in [9.17, 15) is 0 Å². The van der Waals surface area contributed by atoms with E-state index in [1.165, 1.54) is 24.9 Å². The summed E-state index contributed by atoms with van der Waals surface area (Å²) < 4.78 is 1.90. The predicted octanol–water partition coefficient (Wildman–Crippen LogP) is 3.36. The van der Waals surface area contributed by atoms with Gasteiger partial charge in [0, 0.05) is 19.3 Å². The molecule has 3 unspecified atom stereocenters. The van der Waals surface area contributed by atoms with Crippen LogP contribution in [0.4, 0.5) is 5.69 Å². The van der Waals surface area contributed by atoms with Gasteiger partial charge in [-0.25, -0.2) is 0 Å². The molecular formula is C15H25N3. The minimum absolute atomic E-state index is 0.398. The van der Waals surface area contributed by atoms with Crippen LogP contribution in [-0.4, -0.2) is 15.8 Å². The lowest BCUT2D eigenvalue weighted by atomic mass is 9.68. The van der Waals surface area contributed by atoms with Crippen LogP contribution in [0.1, 0.15) is 45.7 Å². The first-order valence-corrected chi connectivity index (χ1v) is 7.10. The highest BCUT2D eigenvalue weighted by Crippen LogP contribution is 2.63. The van der Waals surface area contributed by atoms with Gasteiger partial charge in [0.2, 0.25) is 0 Å². The molecule has 1 aromatic rings. The van der Waals surface area contributed by atoms with E-state index in [1.54, 1.807) is 0 Å². The molecule has 1 aromatic heterocycles. The highest BCUT2D eigenvalue weighted by atomic mass is 15.3. The number of fused-ring (bicyclic) bond motifs is 2. The smallest absolute Gasteiger partial charge is 0.0825 e. The summed E-state index contributed by atoms with van der Waals surface area (Å²) >= 11 is 0. The van der Waals surface area contributed by atoms with Crippen molar-refractivity contribution >= 4 is 5.69 Å². The van der Waals surface area contributed by atoms with Crippen LogP contribution >= 0.6 is 0 Å². The zero-order chi connectivity index (χ0) is 13.1. The van der Waals surface area contributed by atoms with Crippen LogP contribution in [0, 0.1) is 23.7 Å². The Hall–Kier alpha value is -0.990. The van der Waals surface area contributed by atoms with Crippen molar-refractivity contribution in [2.75, 3.05) is 5.32 Å². The molecule has 1 N–H and O–H groups in total. The van der Waals surface area contributed by atoms with Crippen molar-refractivity contribution in [2.24, 2.45) is 23.8 Å². The molecule has 0 saturated heterocycles. The van der Waals surface area contributed by atoms with Gasteiger partial charge < -0.3 is 5.32 Å². The maximum Gasteiger partial charge on any atom is 0.0825 e. The Kier molecular flexibility index (Phi) is 2.36. The Morgan fingerprint density at radius 2 is 2.11 bits per heavy atom. The van der Waals surface area contributed by atoms with E-state index in [4.69, 9.17) is 0 Å². The molecule has 0 spiro atoms. The number of nitrogens with zero attached hydrogens (tertiary/aromatic N) is 2. The molecule has 0 aromatic carbocycles. The van der Waals surface area contributed by atoms with Gasteiger partial charge in [-0.3, -0.25) is 4.68 Å². The van der Waals surface area contributed by atoms with Gasteiger partial charge in [-0.05, 0) is 42.9 Å². The second-order valence-corrected chi connectivity index (χ2v) is 7.29. The molecule has 2 aliphatic rings. The zero-order valence-electron chi connectivity index (χ0n) is 12.2. The van der Waals surface area contributed by atoms with Crippen LogP contribution in [0.15, 0.2) is 6.20 Å². The van der Waals surface area contributed by atoms with Gasteiger partial charge in [-0.15, -0.1) is 0 Å². The SMILES string of the molecule is Cc1nn(C)cc1NC1C2(C)CCC(C2)C1(C)C. The summed E-state index contributed by atoms with van der Waals surface area (Å²) in [6.07, 6.45) is 6.28.